The lowest BCUT2D eigenvalue weighted by molar-refractivity contribution is 1.18. The quantitative estimate of drug-likeness (QED) is 0.545. The van der Waals surface area contributed by atoms with E-state index >= 15 is 0 Å². The van der Waals surface area contributed by atoms with Gasteiger partial charge in [0.05, 0.1) is 4.58 Å². The zero-order chi connectivity index (χ0) is 6.81. The molecule has 2 aliphatic rings. The summed E-state index contributed by atoms with van der Waals surface area (Å²) in [5.41, 5.74) is 1.56. The Labute approximate surface area is 69.5 Å². The standard InChI is InChI=1S/C8H8S2/c1-3-7-4-2-6-10-8(7)9-5-1/h1-3,5-6,8H,4H2. The maximum absolute atomic E-state index is 2.23. The van der Waals surface area contributed by atoms with Crippen LogP contribution in [-0.4, -0.2) is 4.58 Å². The minimum atomic E-state index is 0.676. The number of allylic oxidation sites excluding steroid dienone is 3. The van der Waals surface area contributed by atoms with Crippen LogP contribution in [0.3, 0.4) is 0 Å². The molecule has 0 amide bonds. The molecular weight excluding hydrogens is 160 g/mol. The molecule has 0 N–H and O–H groups in total. The van der Waals surface area contributed by atoms with Crippen molar-refractivity contribution in [1.82, 2.24) is 0 Å². The molecule has 0 bridgehead atoms. The summed E-state index contributed by atoms with van der Waals surface area (Å²) >= 11 is 3.82. The van der Waals surface area contributed by atoms with Gasteiger partial charge in [-0.1, -0.05) is 18.2 Å². The van der Waals surface area contributed by atoms with E-state index in [-0.39, 0.29) is 0 Å². The highest BCUT2D eigenvalue weighted by molar-refractivity contribution is 8.19. The van der Waals surface area contributed by atoms with E-state index in [2.05, 4.69) is 29.0 Å². The third kappa shape index (κ3) is 1.18. The topological polar surface area (TPSA) is 0 Å². The van der Waals surface area contributed by atoms with Crippen LogP contribution in [-0.2, 0) is 0 Å². The second kappa shape index (κ2) is 2.89. The van der Waals surface area contributed by atoms with Gasteiger partial charge in [-0.3, -0.25) is 0 Å². The van der Waals surface area contributed by atoms with Gasteiger partial charge in [-0.25, -0.2) is 0 Å². The Morgan fingerprint density at radius 3 is 3.10 bits per heavy atom. The fraction of sp³-hybridized carbons (Fsp3) is 0.250. The summed E-state index contributed by atoms with van der Waals surface area (Å²) < 4.78 is 0.676. The van der Waals surface area contributed by atoms with Crippen LogP contribution < -0.4 is 0 Å². The van der Waals surface area contributed by atoms with Gasteiger partial charge in [0.15, 0.2) is 0 Å². The van der Waals surface area contributed by atoms with Crippen LogP contribution in [0.15, 0.2) is 34.6 Å². The van der Waals surface area contributed by atoms with Gasteiger partial charge < -0.3 is 0 Å². The Hall–Kier alpha value is -0.0800. The minimum absolute atomic E-state index is 0.676. The van der Waals surface area contributed by atoms with Gasteiger partial charge in [0.25, 0.3) is 0 Å². The number of hydrogen-bond acceptors (Lipinski definition) is 2. The Bertz CT molecular complexity index is 213. The SMILES string of the molecule is C1=CSC2SC=CCC2=C1. The molecule has 0 aromatic carbocycles. The Kier molecular flexibility index (Phi) is 1.91. The lowest BCUT2D eigenvalue weighted by Crippen LogP contribution is -2.03. The summed E-state index contributed by atoms with van der Waals surface area (Å²) in [6, 6.07) is 0. The molecule has 2 aliphatic heterocycles. The van der Waals surface area contributed by atoms with E-state index < -0.39 is 0 Å². The van der Waals surface area contributed by atoms with Crippen LogP contribution in [0.1, 0.15) is 6.42 Å². The average molecular weight is 168 g/mol. The van der Waals surface area contributed by atoms with Crippen molar-refractivity contribution in [2.75, 3.05) is 0 Å². The molecule has 1 atom stereocenters. The summed E-state index contributed by atoms with van der Waals surface area (Å²) in [7, 11) is 0. The molecule has 10 heavy (non-hydrogen) atoms. The molecule has 52 valence electrons. The van der Waals surface area contributed by atoms with Crippen LogP contribution in [0.25, 0.3) is 0 Å². The minimum Gasteiger partial charge on any atom is -0.115 e. The van der Waals surface area contributed by atoms with Crippen molar-refractivity contribution < 1.29 is 0 Å². The zero-order valence-electron chi connectivity index (χ0n) is 5.49. The zero-order valence-corrected chi connectivity index (χ0v) is 7.12. The van der Waals surface area contributed by atoms with Crippen molar-refractivity contribution in [2.45, 2.75) is 11.0 Å². The molecule has 2 rings (SSSR count). The molecule has 0 aromatic rings. The highest BCUT2D eigenvalue weighted by Gasteiger charge is 2.16. The van der Waals surface area contributed by atoms with Gasteiger partial charge in [-0.05, 0) is 22.8 Å². The Balaban J connectivity index is 2.23. The molecule has 0 aliphatic carbocycles. The van der Waals surface area contributed by atoms with Gasteiger partial charge in [-0.15, -0.1) is 23.5 Å². The molecule has 0 nitrogen and oxygen atoms in total. The molecule has 0 aromatic heterocycles. The van der Waals surface area contributed by atoms with E-state index in [0.29, 0.717) is 4.58 Å². The Morgan fingerprint density at radius 1 is 1.30 bits per heavy atom. The summed E-state index contributed by atoms with van der Waals surface area (Å²) in [5, 5.41) is 4.37. The van der Waals surface area contributed by atoms with E-state index in [9.17, 15) is 0 Å². The van der Waals surface area contributed by atoms with Gasteiger partial charge in [0.1, 0.15) is 0 Å². The van der Waals surface area contributed by atoms with Crippen molar-refractivity contribution in [1.29, 1.82) is 0 Å². The molecule has 2 heteroatoms. The summed E-state index contributed by atoms with van der Waals surface area (Å²) in [5.74, 6) is 0. The van der Waals surface area contributed by atoms with Crippen molar-refractivity contribution >= 4 is 23.5 Å². The number of rotatable bonds is 0. The third-order valence-corrected chi connectivity index (χ3v) is 3.98. The van der Waals surface area contributed by atoms with Crippen LogP contribution in [0.5, 0.6) is 0 Å². The highest BCUT2D eigenvalue weighted by Crippen LogP contribution is 2.39. The lowest BCUT2D eigenvalue weighted by atomic mass is 10.2. The normalized spacial score (nSPS) is 29.6. The fourth-order valence-electron chi connectivity index (χ4n) is 1.04. The molecular formula is C8H8S2. The first-order chi connectivity index (χ1) is 4.97. The van der Waals surface area contributed by atoms with Crippen LogP contribution in [0.4, 0.5) is 0 Å². The second-order valence-electron chi connectivity index (χ2n) is 2.25. The van der Waals surface area contributed by atoms with Crippen molar-refractivity contribution in [3.8, 4) is 0 Å². The largest absolute Gasteiger partial charge is 0.115 e. The maximum Gasteiger partial charge on any atom is 0.0799 e. The summed E-state index contributed by atoms with van der Waals surface area (Å²) in [6.45, 7) is 0. The van der Waals surface area contributed by atoms with Crippen LogP contribution in [0.2, 0.25) is 0 Å². The first-order valence-corrected chi connectivity index (χ1v) is 5.17. The third-order valence-electron chi connectivity index (χ3n) is 1.55. The number of hydrogen-bond donors (Lipinski definition) is 0. The predicted octanol–water partition coefficient (Wildman–Crippen LogP) is 3.15. The smallest absolute Gasteiger partial charge is 0.0799 e. The molecule has 0 spiro atoms. The molecule has 2 heterocycles. The van der Waals surface area contributed by atoms with E-state index in [4.69, 9.17) is 0 Å². The first-order valence-electron chi connectivity index (χ1n) is 3.28. The molecule has 0 saturated heterocycles. The fourth-order valence-corrected chi connectivity index (χ4v) is 3.04. The monoisotopic (exact) mass is 168 g/mol. The van der Waals surface area contributed by atoms with Gasteiger partial charge >= 0.3 is 0 Å². The molecule has 0 radical (unpaired) electrons. The van der Waals surface area contributed by atoms with E-state index in [1.807, 2.05) is 23.5 Å². The van der Waals surface area contributed by atoms with Crippen molar-refractivity contribution in [2.24, 2.45) is 0 Å². The van der Waals surface area contributed by atoms with Gasteiger partial charge in [0.2, 0.25) is 0 Å². The van der Waals surface area contributed by atoms with Crippen LogP contribution >= 0.6 is 23.5 Å². The van der Waals surface area contributed by atoms with E-state index in [1.165, 1.54) is 0 Å². The van der Waals surface area contributed by atoms with E-state index in [1.54, 1.807) is 5.57 Å². The second-order valence-corrected chi connectivity index (χ2v) is 4.58. The summed E-state index contributed by atoms with van der Waals surface area (Å²) in [6.07, 6.45) is 7.75. The van der Waals surface area contributed by atoms with E-state index in [0.717, 1.165) is 6.42 Å². The molecule has 1 unspecified atom stereocenters. The molecule has 0 saturated carbocycles. The lowest BCUT2D eigenvalue weighted by Gasteiger charge is -2.20. The molecule has 0 fully saturated rings. The average Bonchev–Trinajstić information content (AvgIpc) is 2.05. The summed E-state index contributed by atoms with van der Waals surface area (Å²) in [4.78, 5) is 0. The number of thioether (sulfide) groups is 2. The van der Waals surface area contributed by atoms with Gasteiger partial charge in [-0.2, -0.15) is 0 Å². The van der Waals surface area contributed by atoms with Crippen molar-refractivity contribution in [3.05, 3.63) is 34.6 Å². The predicted molar refractivity (Wildman–Crippen MR) is 50.0 cm³/mol. The Morgan fingerprint density at radius 2 is 2.20 bits per heavy atom. The highest BCUT2D eigenvalue weighted by atomic mass is 32.2. The maximum atomic E-state index is 2.23. The van der Waals surface area contributed by atoms with Crippen LogP contribution in [0, 0.1) is 0 Å². The first kappa shape index (κ1) is 6.62. The van der Waals surface area contributed by atoms with Gasteiger partial charge in [0, 0.05) is 0 Å². The number of fused-ring (bicyclic) bond motifs is 1. The van der Waals surface area contributed by atoms with Crippen molar-refractivity contribution in [3.63, 3.8) is 0 Å².